The average molecular weight is 209 g/mol. The number of hydrogen-bond acceptors (Lipinski definition) is 4. The Hall–Kier alpha value is -0.920. The molecule has 7 heteroatoms. The highest BCUT2D eigenvalue weighted by Gasteiger charge is 2.05. The number of carbonyl (C=O) groups is 1. The summed E-state index contributed by atoms with van der Waals surface area (Å²) in [7, 11) is -4.39. The Morgan fingerprint density at radius 3 is 2.46 bits per heavy atom. The van der Waals surface area contributed by atoms with Crippen LogP contribution in [0.25, 0.3) is 0 Å². The summed E-state index contributed by atoms with van der Waals surface area (Å²) in [5, 5.41) is 0. The summed E-state index contributed by atoms with van der Waals surface area (Å²) < 4.78 is 32.2. The minimum absolute atomic E-state index is 0.193. The van der Waals surface area contributed by atoms with Gasteiger partial charge < -0.3 is 5.73 Å². The molecule has 1 amide bonds. The van der Waals surface area contributed by atoms with Crippen LogP contribution < -0.4 is 5.73 Å². The van der Waals surface area contributed by atoms with Crippen LogP contribution in [0, 0.1) is 0 Å². The maximum absolute atomic E-state index is 10.4. The van der Waals surface area contributed by atoms with Crippen molar-refractivity contribution < 1.29 is 21.9 Å². The standard InChI is InChI=1S/C6H11NO5S/c1-5(6(7)8)3-2-4-12-13(9,10)11/h1-4H2,(H2,7,8)(H,9,10,11). The highest BCUT2D eigenvalue weighted by atomic mass is 32.3. The highest BCUT2D eigenvalue weighted by Crippen LogP contribution is 2.02. The second kappa shape index (κ2) is 4.95. The Morgan fingerprint density at radius 1 is 1.54 bits per heavy atom. The van der Waals surface area contributed by atoms with E-state index in [9.17, 15) is 13.2 Å². The molecule has 0 saturated heterocycles. The van der Waals surface area contributed by atoms with Gasteiger partial charge in [0.25, 0.3) is 0 Å². The summed E-state index contributed by atoms with van der Waals surface area (Å²) in [6, 6.07) is 0. The van der Waals surface area contributed by atoms with E-state index in [0.29, 0.717) is 0 Å². The van der Waals surface area contributed by atoms with Crippen molar-refractivity contribution in [3.05, 3.63) is 12.2 Å². The maximum Gasteiger partial charge on any atom is 0.397 e. The number of primary amides is 1. The van der Waals surface area contributed by atoms with Crippen molar-refractivity contribution >= 4 is 16.3 Å². The SMILES string of the molecule is C=C(CCCOS(=O)(=O)O)C(N)=O. The fourth-order valence-electron chi connectivity index (χ4n) is 0.573. The van der Waals surface area contributed by atoms with Crippen LogP contribution in [0.15, 0.2) is 12.2 Å². The van der Waals surface area contributed by atoms with Gasteiger partial charge in [0, 0.05) is 5.57 Å². The molecule has 6 nitrogen and oxygen atoms in total. The second-order valence-corrected chi connectivity index (χ2v) is 3.41. The topological polar surface area (TPSA) is 107 Å². The molecule has 3 N–H and O–H groups in total. The predicted octanol–water partition coefficient (Wildman–Crippen LogP) is -0.372. The van der Waals surface area contributed by atoms with Crippen LogP contribution in [0.3, 0.4) is 0 Å². The number of rotatable bonds is 6. The van der Waals surface area contributed by atoms with Gasteiger partial charge in [-0.15, -0.1) is 0 Å². The van der Waals surface area contributed by atoms with E-state index in [1.54, 1.807) is 0 Å². The largest absolute Gasteiger partial charge is 0.397 e. The first kappa shape index (κ1) is 12.1. The Labute approximate surface area is 76.3 Å². The first-order valence-corrected chi connectivity index (χ1v) is 4.79. The molecule has 0 rings (SSSR count). The van der Waals surface area contributed by atoms with Gasteiger partial charge in [-0.05, 0) is 12.8 Å². The van der Waals surface area contributed by atoms with Crippen molar-refractivity contribution in [2.75, 3.05) is 6.61 Å². The zero-order valence-electron chi connectivity index (χ0n) is 6.89. The van der Waals surface area contributed by atoms with Crippen LogP contribution in [0.4, 0.5) is 0 Å². The number of nitrogens with two attached hydrogens (primary N) is 1. The van der Waals surface area contributed by atoms with Crippen LogP contribution in [0.1, 0.15) is 12.8 Å². The summed E-state index contributed by atoms with van der Waals surface area (Å²) in [4.78, 5) is 10.4. The van der Waals surface area contributed by atoms with Crippen molar-refractivity contribution in [3.8, 4) is 0 Å². The zero-order chi connectivity index (χ0) is 10.5. The van der Waals surface area contributed by atoms with Gasteiger partial charge in [-0.3, -0.25) is 9.35 Å². The van der Waals surface area contributed by atoms with Crippen LogP contribution >= 0.6 is 0 Å². The van der Waals surface area contributed by atoms with E-state index in [-0.39, 0.29) is 25.0 Å². The van der Waals surface area contributed by atoms with Gasteiger partial charge in [-0.25, -0.2) is 4.18 Å². The van der Waals surface area contributed by atoms with E-state index >= 15 is 0 Å². The maximum atomic E-state index is 10.4. The average Bonchev–Trinajstić information content (AvgIpc) is 1.95. The third kappa shape index (κ3) is 7.44. The van der Waals surface area contributed by atoms with Crippen molar-refractivity contribution in [2.45, 2.75) is 12.8 Å². The van der Waals surface area contributed by atoms with E-state index < -0.39 is 16.3 Å². The third-order valence-electron chi connectivity index (χ3n) is 1.20. The van der Waals surface area contributed by atoms with Gasteiger partial charge >= 0.3 is 10.4 Å². The van der Waals surface area contributed by atoms with Gasteiger partial charge in [-0.1, -0.05) is 6.58 Å². The Morgan fingerprint density at radius 2 is 2.08 bits per heavy atom. The second-order valence-electron chi connectivity index (χ2n) is 2.32. The van der Waals surface area contributed by atoms with Crippen LogP contribution in [0.2, 0.25) is 0 Å². The van der Waals surface area contributed by atoms with Gasteiger partial charge in [0.2, 0.25) is 5.91 Å². The lowest BCUT2D eigenvalue weighted by Crippen LogP contribution is -2.13. The summed E-state index contributed by atoms with van der Waals surface area (Å²) in [6.07, 6.45) is 0.492. The number of hydrogen-bond donors (Lipinski definition) is 2. The molecule has 0 spiro atoms. The molecular formula is C6H11NO5S. The predicted molar refractivity (Wildman–Crippen MR) is 45.1 cm³/mol. The highest BCUT2D eigenvalue weighted by molar-refractivity contribution is 7.80. The van der Waals surface area contributed by atoms with Crippen LogP contribution in [0.5, 0.6) is 0 Å². The molecule has 0 saturated carbocycles. The molecule has 0 heterocycles. The minimum atomic E-state index is -4.39. The van der Waals surface area contributed by atoms with E-state index in [0.717, 1.165) is 0 Å². The van der Waals surface area contributed by atoms with E-state index in [1.807, 2.05) is 0 Å². The lowest BCUT2D eigenvalue weighted by atomic mass is 10.2. The fourth-order valence-corrected chi connectivity index (χ4v) is 0.901. The van der Waals surface area contributed by atoms with Crippen molar-refractivity contribution in [1.29, 1.82) is 0 Å². The minimum Gasteiger partial charge on any atom is -0.366 e. The van der Waals surface area contributed by atoms with Gasteiger partial charge in [0.05, 0.1) is 6.61 Å². The van der Waals surface area contributed by atoms with Crippen molar-refractivity contribution in [3.63, 3.8) is 0 Å². The van der Waals surface area contributed by atoms with Gasteiger partial charge in [0.1, 0.15) is 0 Å². The molecule has 0 atom stereocenters. The zero-order valence-corrected chi connectivity index (χ0v) is 7.71. The lowest BCUT2D eigenvalue weighted by molar-refractivity contribution is -0.114. The number of carbonyl (C=O) groups excluding carboxylic acids is 1. The Balaban J connectivity index is 3.59. The van der Waals surface area contributed by atoms with E-state index in [4.69, 9.17) is 10.3 Å². The lowest BCUT2D eigenvalue weighted by Gasteiger charge is -2.00. The molecule has 0 bridgehead atoms. The molecule has 0 fully saturated rings. The Bertz CT molecular complexity index is 294. The van der Waals surface area contributed by atoms with Crippen LogP contribution in [-0.2, 0) is 19.4 Å². The monoisotopic (exact) mass is 209 g/mol. The van der Waals surface area contributed by atoms with Gasteiger partial charge in [0.15, 0.2) is 0 Å². The number of amides is 1. The van der Waals surface area contributed by atoms with E-state index in [1.165, 1.54) is 0 Å². The smallest absolute Gasteiger partial charge is 0.366 e. The quantitative estimate of drug-likeness (QED) is 0.352. The Kier molecular flexibility index (Phi) is 4.60. The molecule has 0 aromatic carbocycles. The molecule has 13 heavy (non-hydrogen) atoms. The summed E-state index contributed by atoms with van der Waals surface area (Å²) in [5.74, 6) is -0.633. The molecule has 0 aliphatic heterocycles. The molecule has 0 unspecified atom stereocenters. The van der Waals surface area contributed by atoms with Crippen LogP contribution in [-0.4, -0.2) is 25.5 Å². The van der Waals surface area contributed by atoms with Gasteiger partial charge in [-0.2, -0.15) is 8.42 Å². The molecule has 0 radical (unpaired) electrons. The fraction of sp³-hybridized carbons (Fsp3) is 0.500. The molecule has 0 aromatic rings. The summed E-state index contributed by atoms with van der Waals surface area (Å²) >= 11 is 0. The first-order valence-electron chi connectivity index (χ1n) is 3.42. The van der Waals surface area contributed by atoms with E-state index in [2.05, 4.69) is 10.8 Å². The molecule has 0 aromatic heterocycles. The van der Waals surface area contributed by atoms with Crippen molar-refractivity contribution in [2.24, 2.45) is 5.73 Å². The molecule has 76 valence electrons. The molecular weight excluding hydrogens is 198 g/mol. The molecule has 0 aliphatic rings. The first-order chi connectivity index (χ1) is 5.83. The van der Waals surface area contributed by atoms with Crippen molar-refractivity contribution in [1.82, 2.24) is 0 Å². The summed E-state index contributed by atoms with van der Waals surface area (Å²) in [6.45, 7) is 3.14. The third-order valence-corrected chi connectivity index (χ3v) is 1.67. The summed E-state index contributed by atoms with van der Waals surface area (Å²) in [5.41, 5.74) is 5.05. The normalized spacial score (nSPS) is 11.2. The molecule has 0 aliphatic carbocycles.